The van der Waals surface area contributed by atoms with E-state index in [0.29, 0.717) is 10.2 Å². The van der Waals surface area contributed by atoms with Gasteiger partial charge in [-0.1, -0.05) is 31.9 Å². The molecule has 0 radical (unpaired) electrons. The second-order valence-corrected chi connectivity index (χ2v) is 5.68. The van der Waals surface area contributed by atoms with Gasteiger partial charge in [-0.15, -0.1) is 0 Å². The number of ether oxygens (including phenoxy) is 2. The van der Waals surface area contributed by atoms with Gasteiger partial charge in [0.15, 0.2) is 11.6 Å². The summed E-state index contributed by atoms with van der Waals surface area (Å²) in [5.41, 5.74) is 0. The fourth-order valence-electron chi connectivity index (χ4n) is 1.48. The fraction of sp³-hybridized carbons (Fsp3) is 0.143. The Hall–Kier alpha value is -1.14. The van der Waals surface area contributed by atoms with Crippen molar-refractivity contribution in [3.8, 4) is 11.5 Å². The van der Waals surface area contributed by atoms with Crippen LogP contribution in [0.4, 0.5) is 8.78 Å². The summed E-state index contributed by atoms with van der Waals surface area (Å²) in [7, 11) is 0. The minimum atomic E-state index is -1.00. The van der Waals surface area contributed by atoms with E-state index in [1.54, 1.807) is 12.1 Å². The minimum Gasteiger partial charge on any atom is -0.490 e. The standard InChI is InChI=1S/C14H10Br2F2O2/c15-9-1-3-11(4-2-9)19-5-6-20-13-8-10(16)7-12(17)14(13)18/h1-4,7-8H,5-6H2. The molecular formula is C14H10Br2F2O2. The second kappa shape index (κ2) is 7.04. The summed E-state index contributed by atoms with van der Waals surface area (Å²) in [6, 6.07) is 9.70. The maximum atomic E-state index is 13.4. The summed E-state index contributed by atoms with van der Waals surface area (Å²) in [4.78, 5) is 0. The topological polar surface area (TPSA) is 18.5 Å². The van der Waals surface area contributed by atoms with Crippen molar-refractivity contribution in [3.63, 3.8) is 0 Å². The van der Waals surface area contributed by atoms with Crippen LogP contribution in [-0.2, 0) is 0 Å². The van der Waals surface area contributed by atoms with Crippen LogP contribution in [0.5, 0.6) is 11.5 Å². The van der Waals surface area contributed by atoms with E-state index in [-0.39, 0.29) is 19.0 Å². The fourth-order valence-corrected chi connectivity index (χ4v) is 2.15. The molecule has 0 atom stereocenters. The maximum absolute atomic E-state index is 13.4. The maximum Gasteiger partial charge on any atom is 0.200 e. The van der Waals surface area contributed by atoms with E-state index in [0.717, 1.165) is 10.5 Å². The lowest BCUT2D eigenvalue weighted by Gasteiger charge is -2.09. The molecule has 0 amide bonds. The Morgan fingerprint density at radius 1 is 0.850 bits per heavy atom. The Bertz CT molecular complexity index is 588. The quantitative estimate of drug-likeness (QED) is 0.515. The van der Waals surface area contributed by atoms with E-state index >= 15 is 0 Å². The third-order valence-electron chi connectivity index (χ3n) is 2.38. The predicted octanol–water partition coefficient (Wildman–Crippen LogP) is 4.95. The third-order valence-corrected chi connectivity index (χ3v) is 3.37. The van der Waals surface area contributed by atoms with Gasteiger partial charge in [-0.05, 0) is 36.4 Å². The van der Waals surface area contributed by atoms with Crippen LogP contribution in [0, 0.1) is 11.6 Å². The van der Waals surface area contributed by atoms with E-state index in [2.05, 4.69) is 31.9 Å². The highest BCUT2D eigenvalue weighted by molar-refractivity contribution is 9.10. The first-order chi connectivity index (χ1) is 9.56. The van der Waals surface area contributed by atoms with Gasteiger partial charge in [0.05, 0.1) is 0 Å². The second-order valence-electron chi connectivity index (χ2n) is 3.85. The Labute approximate surface area is 132 Å². The summed E-state index contributed by atoms with van der Waals surface area (Å²) < 4.78 is 38.5. The van der Waals surface area contributed by atoms with Gasteiger partial charge >= 0.3 is 0 Å². The van der Waals surface area contributed by atoms with Crippen molar-refractivity contribution in [2.45, 2.75) is 0 Å². The zero-order chi connectivity index (χ0) is 14.5. The average Bonchev–Trinajstić information content (AvgIpc) is 2.42. The summed E-state index contributed by atoms with van der Waals surface area (Å²) in [5.74, 6) is -1.42. The number of hydrogen-bond donors (Lipinski definition) is 0. The summed E-state index contributed by atoms with van der Waals surface area (Å²) in [5, 5.41) is 0. The zero-order valence-electron chi connectivity index (χ0n) is 10.2. The van der Waals surface area contributed by atoms with Crippen molar-refractivity contribution < 1.29 is 18.3 Å². The molecule has 6 heteroatoms. The summed E-state index contributed by atoms with van der Waals surface area (Å²) >= 11 is 6.39. The van der Waals surface area contributed by atoms with Crippen molar-refractivity contribution in [1.29, 1.82) is 0 Å². The molecule has 2 rings (SSSR count). The van der Waals surface area contributed by atoms with E-state index < -0.39 is 11.6 Å². The van der Waals surface area contributed by atoms with Gasteiger partial charge < -0.3 is 9.47 Å². The molecule has 0 unspecified atom stereocenters. The van der Waals surface area contributed by atoms with Crippen LogP contribution >= 0.6 is 31.9 Å². The van der Waals surface area contributed by atoms with Gasteiger partial charge in [0.1, 0.15) is 19.0 Å². The lowest BCUT2D eigenvalue weighted by atomic mass is 10.3. The molecule has 0 aliphatic heterocycles. The van der Waals surface area contributed by atoms with Crippen LogP contribution in [0.2, 0.25) is 0 Å². The Morgan fingerprint density at radius 2 is 1.50 bits per heavy atom. The van der Waals surface area contributed by atoms with Crippen molar-refractivity contribution in [1.82, 2.24) is 0 Å². The third kappa shape index (κ3) is 4.18. The van der Waals surface area contributed by atoms with Crippen LogP contribution in [0.3, 0.4) is 0 Å². The Kier molecular flexibility index (Phi) is 5.37. The van der Waals surface area contributed by atoms with Gasteiger partial charge in [-0.2, -0.15) is 4.39 Å². The normalized spacial score (nSPS) is 10.4. The van der Waals surface area contributed by atoms with Gasteiger partial charge in [0.25, 0.3) is 0 Å². The van der Waals surface area contributed by atoms with Crippen LogP contribution in [-0.4, -0.2) is 13.2 Å². The molecule has 0 N–H and O–H groups in total. The summed E-state index contributed by atoms with van der Waals surface area (Å²) in [6.45, 7) is 0.345. The average molecular weight is 408 g/mol. The first-order valence-electron chi connectivity index (χ1n) is 5.72. The lowest BCUT2D eigenvalue weighted by Crippen LogP contribution is -2.10. The first kappa shape index (κ1) is 15.3. The minimum absolute atomic E-state index is 0.114. The monoisotopic (exact) mass is 406 g/mol. The molecule has 0 saturated carbocycles. The molecule has 20 heavy (non-hydrogen) atoms. The molecule has 0 saturated heterocycles. The van der Waals surface area contributed by atoms with Crippen molar-refractivity contribution in [2.24, 2.45) is 0 Å². The first-order valence-corrected chi connectivity index (χ1v) is 7.30. The van der Waals surface area contributed by atoms with Crippen LogP contribution in [0.15, 0.2) is 45.3 Å². The summed E-state index contributed by atoms with van der Waals surface area (Å²) in [6.07, 6.45) is 0. The highest BCUT2D eigenvalue weighted by Crippen LogP contribution is 2.25. The molecule has 2 aromatic carbocycles. The number of rotatable bonds is 5. The van der Waals surface area contributed by atoms with Gasteiger partial charge in [-0.25, -0.2) is 4.39 Å². The molecular weight excluding hydrogens is 398 g/mol. The molecule has 106 valence electrons. The van der Waals surface area contributed by atoms with Crippen LogP contribution in [0.25, 0.3) is 0 Å². The number of halogens is 4. The van der Waals surface area contributed by atoms with Gasteiger partial charge in [-0.3, -0.25) is 0 Å². The highest BCUT2D eigenvalue weighted by atomic mass is 79.9. The lowest BCUT2D eigenvalue weighted by molar-refractivity contribution is 0.209. The molecule has 2 aromatic rings. The molecule has 2 nitrogen and oxygen atoms in total. The molecule has 0 spiro atoms. The van der Waals surface area contributed by atoms with Crippen LogP contribution in [0.1, 0.15) is 0 Å². The number of hydrogen-bond acceptors (Lipinski definition) is 2. The van der Waals surface area contributed by atoms with Crippen molar-refractivity contribution in [2.75, 3.05) is 13.2 Å². The largest absolute Gasteiger partial charge is 0.490 e. The smallest absolute Gasteiger partial charge is 0.200 e. The molecule has 0 heterocycles. The number of benzene rings is 2. The van der Waals surface area contributed by atoms with Crippen LogP contribution < -0.4 is 9.47 Å². The van der Waals surface area contributed by atoms with E-state index in [1.807, 2.05) is 12.1 Å². The predicted molar refractivity (Wildman–Crippen MR) is 79.2 cm³/mol. The molecule has 0 aromatic heterocycles. The van der Waals surface area contributed by atoms with Gasteiger partial charge in [0.2, 0.25) is 5.82 Å². The zero-order valence-corrected chi connectivity index (χ0v) is 13.4. The van der Waals surface area contributed by atoms with Crippen molar-refractivity contribution in [3.05, 3.63) is 57.0 Å². The molecule has 0 bridgehead atoms. The van der Waals surface area contributed by atoms with Gasteiger partial charge in [0, 0.05) is 8.95 Å². The SMILES string of the molecule is Fc1cc(Br)cc(OCCOc2ccc(Br)cc2)c1F. The highest BCUT2D eigenvalue weighted by Gasteiger charge is 2.11. The van der Waals surface area contributed by atoms with E-state index in [9.17, 15) is 8.78 Å². The van der Waals surface area contributed by atoms with Crippen molar-refractivity contribution >= 4 is 31.9 Å². The van der Waals surface area contributed by atoms with E-state index in [1.165, 1.54) is 6.07 Å². The molecule has 0 fully saturated rings. The molecule has 0 aliphatic carbocycles. The van der Waals surface area contributed by atoms with E-state index in [4.69, 9.17) is 9.47 Å². The Balaban J connectivity index is 1.86. The Morgan fingerprint density at radius 3 is 2.20 bits per heavy atom. The molecule has 0 aliphatic rings.